The first kappa shape index (κ1) is 13.8. The van der Waals surface area contributed by atoms with Crippen LogP contribution in [0.5, 0.6) is 0 Å². The van der Waals surface area contributed by atoms with Crippen molar-refractivity contribution >= 4 is 5.69 Å². The van der Waals surface area contributed by atoms with Gasteiger partial charge in [0.25, 0.3) is 0 Å². The van der Waals surface area contributed by atoms with Gasteiger partial charge < -0.3 is 10.2 Å². The van der Waals surface area contributed by atoms with Crippen LogP contribution < -0.4 is 5.32 Å². The van der Waals surface area contributed by atoms with Gasteiger partial charge in [-0.25, -0.2) is 4.39 Å². The Morgan fingerprint density at radius 3 is 2.95 bits per heavy atom. The zero-order valence-electron chi connectivity index (χ0n) is 11.5. The molecule has 0 spiro atoms. The average Bonchev–Trinajstić information content (AvgIpc) is 2.85. The summed E-state index contributed by atoms with van der Waals surface area (Å²) in [5, 5.41) is 12.2. The minimum Gasteiger partial charge on any atom is -0.384 e. The maximum absolute atomic E-state index is 13.4. The van der Waals surface area contributed by atoms with E-state index >= 15 is 0 Å². The molecule has 1 aliphatic heterocycles. The van der Waals surface area contributed by atoms with Gasteiger partial charge in [-0.1, -0.05) is 6.07 Å². The molecule has 3 nitrogen and oxygen atoms in total. The van der Waals surface area contributed by atoms with E-state index in [0.717, 1.165) is 26.1 Å². The molecular weight excluding hydrogens is 241 g/mol. The van der Waals surface area contributed by atoms with E-state index in [1.165, 1.54) is 6.07 Å². The zero-order valence-corrected chi connectivity index (χ0v) is 11.5. The SMILES string of the molecule is CC(C)N1CC[C@H](CNc2cccc(F)c2C#N)C1. The summed E-state index contributed by atoms with van der Waals surface area (Å²) in [6, 6.07) is 7.21. The molecule has 1 aromatic carbocycles. The number of nitriles is 1. The van der Waals surface area contributed by atoms with Crippen molar-refractivity contribution in [1.29, 1.82) is 5.26 Å². The number of halogens is 1. The lowest BCUT2D eigenvalue weighted by Crippen LogP contribution is -2.29. The Kier molecular flexibility index (Phi) is 4.39. The predicted molar refractivity (Wildman–Crippen MR) is 74.4 cm³/mol. The summed E-state index contributed by atoms with van der Waals surface area (Å²) in [6.45, 7) is 7.40. The molecule has 0 unspecified atom stereocenters. The Morgan fingerprint density at radius 1 is 1.53 bits per heavy atom. The Labute approximate surface area is 114 Å². The number of likely N-dealkylation sites (tertiary alicyclic amines) is 1. The number of rotatable bonds is 4. The summed E-state index contributed by atoms with van der Waals surface area (Å²) >= 11 is 0. The van der Waals surface area contributed by atoms with Crippen LogP contribution in [0.1, 0.15) is 25.8 Å². The first-order valence-electron chi connectivity index (χ1n) is 6.78. The third-order valence-corrected chi connectivity index (χ3v) is 3.75. The van der Waals surface area contributed by atoms with E-state index in [0.29, 0.717) is 17.6 Å². The fourth-order valence-electron chi connectivity index (χ4n) is 2.54. The van der Waals surface area contributed by atoms with Crippen molar-refractivity contribution in [2.45, 2.75) is 26.3 Å². The molecule has 4 heteroatoms. The summed E-state index contributed by atoms with van der Waals surface area (Å²) < 4.78 is 13.4. The quantitative estimate of drug-likeness (QED) is 0.906. The van der Waals surface area contributed by atoms with Crippen LogP contribution in [-0.4, -0.2) is 30.6 Å². The lowest BCUT2D eigenvalue weighted by molar-refractivity contribution is 0.266. The Bertz CT molecular complexity index is 479. The highest BCUT2D eigenvalue weighted by molar-refractivity contribution is 5.57. The third-order valence-electron chi connectivity index (χ3n) is 3.75. The zero-order chi connectivity index (χ0) is 13.8. The summed E-state index contributed by atoms with van der Waals surface area (Å²) in [5.74, 6) is 0.111. The number of hydrogen-bond acceptors (Lipinski definition) is 3. The highest BCUT2D eigenvalue weighted by Gasteiger charge is 2.24. The molecule has 2 rings (SSSR count). The number of nitrogens with one attached hydrogen (secondary N) is 1. The van der Waals surface area contributed by atoms with E-state index in [9.17, 15) is 4.39 Å². The second kappa shape index (κ2) is 6.03. The van der Waals surface area contributed by atoms with Gasteiger partial charge in [-0.05, 0) is 44.9 Å². The van der Waals surface area contributed by atoms with Crippen molar-refractivity contribution in [3.8, 4) is 6.07 Å². The predicted octanol–water partition coefficient (Wildman–Crippen LogP) is 2.84. The van der Waals surface area contributed by atoms with Crippen LogP contribution in [0.4, 0.5) is 10.1 Å². The minimum absolute atomic E-state index is 0.112. The molecular formula is C15H20FN3. The van der Waals surface area contributed by atoms with Crippen LogP contribution >= 0.6 is 0 Å². The Hall–Kier alpha value is -1.60. The molecule has 1 heterocycles. The van der Waals surface area contributed by atoms with Crippen molar-refractivity contribution < 1.29 is 4.39 Å². The van der Waals surface area contributed by atoms with E-state index in [4.69, 9.17) is 5.26 Å². The second-order valence-corrected chi connectivity index (χ2v) is 5.40. The fourth-order valence-corrected chi connectivity index (χ4v) is 2.54. The summed E-state index contributed by atoms with van der Waals surface area (Å²) in [4.78, 5) is 2.45. The van der Waals surface area contributed by atoms with Crippen LogP contribution in [0.15, 0.2) is 18.2 Å². The lowest BCUT2D eigenvalue weighted by Gasteiger charge is -2.20. The molecule has 0 aliphatic carbocycles. The van der Waals surface area contributed by atoms with Gasteiger partial charge in [-0.15, -0.1) is 0 Å². The molecule has 1 saturated heterocycles. The highest BCUT2D eigenvalue weighted by atomic mass is 19.1. The Morgan fingerprint density at radius 2 is 2.32 bits per heavy atom. The van der Waals surface area contributed by atoms with Crippen molar-refractivity contribution in [3.05, 3.63) is 29.6 Å². The van der Waals surface area contributed by atoms with E-state index in [1.807, 2.05) is 6.07 Å². The lowest BCUT2D eigenvalue weighted by atomic mass is 10.1. The first-order valence-corrected chi connectivity index (χ1v) is 6.78. The molecule has 0 saturated carbocycles. The van der Waals surface area contributed by atoms with Gasteiger partial charge in [0.2, 0.25) is 0 Å². The van der Waals surface area contributed by atoms with E-state index in [-0.39, 0.29) is 5.56 Å². The van der Waals surface area contributed by atoms with Crippen molar-refractivity contribution in [1.82, 2.24) is 4.90 Å². The standard InChI is InChI=1S/C15H20FN3/c1-11(2)19-7-6-12(10-19)9-18-15-5-3-4-14(16)13(15)8-17/h3-5,11-12,18H,6-7,9-10H2,1-2H3/t12-/m1/s1. The number of anilines is 1. The van der Waals surface area contributed by atoms with E-state index < -0.39 is 5.82 Å². The first-order chi connectivity index (χ1) is 9.11. The van der Waals surface area contributed by atoms with Gasteiger partial charge in [-0.3, -0.25) is 0 Å². The average molecular weight is 261 g/mol. The molecule has 0 radical (unpaired) electrons. The van der Waals surface area contributed by atoms with Crippen molar-refractivity contribution in [3.63, 3.8) is 0 Å². The summed E-state index contributed by atoms with van der Waals surface area (Å²) in [5.41, 5.74) is 0.715. The molecule has 1 aromatic rings. The van der Waals surface area contributed by atoms with Gasteiger partial charge in [0.05, 0.1) is 5.69 Å². The molecule has 0 bridgehead atoms. The van der Waals surface area contributed by atoms with Crippen LogP contribution in [0.2, 0.25) is 0 Å². The molecule has 1 N–H and O–H groups in total. The van der Waals surface area contributed by atoms with Crippen molar-refractivity contribution in [2.75, 3.05) is 25.0 Å². The second-order valence-electron chi connectivity index (χ2n) is 5.40. The van der Waals surface area contributed by atoms with Gasteiger partial charge in [0.1, 0.15) is 17.4 Å². The van der Waals surface area contributed by atoms with Gasteiger partial charge in [0, 0.05) is 19.1 Å². The Balaban J connectivity index is 1.94. The molecule has 0 aromatic heterocycles. The normalized spacial score (nSPS) is 19.6. The van der Waals surface area contributed by atoms with Gasteiger partial charge in [-0.2, -0.15) is 5.26 Å². The van der Waals surface area contributed by atoms with E-state index in [1.54, 1.807) is 12.1 Å². The van der Waals surface area contributed by atoms with Gasteiger partial charge in [0.15, 0.2) is 0 Å². The molecule has 1 aliphatic rings. The van der Waals surface area contributed by atoms with Gasteiger partial charge >= 0.3 is 0 Å². The number of hydrogen-bond donors (Lipinski definition) is 1. The summed E-state index contributed by atoms with van der Waals surface area (Å²) in [6.07, 6.45) is 1.16. The molecule has 102 valence electrons. The fraction of sp³-hybridized carbons (Fsp3) is 0.533. The molecule has 19 heavy (non-hydrogen) atoms. The third kappa shape index (κ3) is 3.24. The molecule has 1 atom stereocenters. The highest BCUT2D eigenvalue weighted by Crippen LogP contribution is 2.22. The maximum Gasteiger partial charge on any atom is 0.143 e. The largest absolute Gasteiger partial charge is 0.384 e. The van der Waals surface area contributed by atoms with Crippen LogP contribution in [0.3, 0.4) is 0 Å². The van der Waals surface area contributed by atoms with E-state index in [2.05, 4.69) is 24.1 Å². The maximum atomic E-state index is 13.4. The minimum atomic E-state index is -0.456. The van der Waals surface area contributed by atoms with Crippen LogP contribution in [0.25, 0.3) is 0 Å². The summed E-state index contributed by atoms with van der Waals surface area (Å²) in [7, 11) is 0. The topological polar surface area (TPSA) is 39.1 Å². The smallest absolute Gasteiger partial charge is 0.143 e. The van der Waals surface area contributed by atoms with Crippen LogP contribution in [-0.2, 0) is 0 Å². The number of benzene rings is 1. The molecule has 0 amide bonds. The van der Waals surface area contributed by atoms with Crippen LogP contribution in [0, 0.1) is 23.1 Å². The monoisotopic (exact) mass is 261 g/mol. The molecule has 1 fully saturated rings. The van der Waals surface area contributed by atoms with Crippen molar-refractivity contribution in [2.24, 2.45) is 5.92 Å². The number of nitrogens with zero attached hydrogens (tertiary/aromatic N) is 2.